The molecule has 0 radical (unpaired) electrons. The van der Waals surface area contributed by atoms with E-state index in [1.807, 2.05) is 18.2 Å². The van der Waals surface area contributed by atoms with Gasteiger partial charge in [0.2, 0.25) is 10.0 Å². The topological polar surface area (TPSA) is 81.0 Å². The van der Waals surface area contributed by atoms with Crippen LogP contribution in [-0.2, 0) is 16.6 Å². The van der Waals surface area contributed by atoms with Crippen LogP contribution in [0.5, 0.6) is 5.75 Å². The van der Waals surface area contributed by atoms with Crippen LogP contribution in [0.4, 0.5) is 0 Å². The van der Waals surface area contributed by atoms with Gasteiger partial charge < -0.3 is 9.30 Å². The van der Waals surface area contributed by atoms with E-state index in [9.17, 15) is 13.2 Å². The summed E-state index contributed by atoms with van der Waals surface area (Å²) in [5.41, 5.74) is 1.09. The number of fused-ring (bicyclic) bond motifs is 1. The first-order chi connectivity index (χ1) is 15.8. The third-order valence-corrected chi connectivity index (χ3v) is 8.61. The van der Waals surface area contributed by atoms with Crippen molar-refractivity contribution < 1.29 is 17.9 Å². The third-order valence-electron chi connectivity index (χ3n) is 5.69. The number of nitrogens with zero attached hydrogens (tertiary/aromatic N) is 3. The van der Waals surface area contributed by atoms with Gasteiger partial charge in [-0.25, -0.2) is 8.42 Å². The summed E-state index contributed by atoms with van der Waals surface area (Å²) in [5.74, 6) is 3.11. The number of carbonyl (C=O) groups excluding carboxylic acids is 1. The molecule has 0 aliphatic carbocycles. The Hall–Kier alpha value is -2.93. The molecule has 2 aromatic carbocycles. The van der Waals surface area contributed by atoms with Gasteiger partial charge in [-0.2, -0.15) is 9.30 Å². The van der Waals surface area contributed by atoms with Gasteiger partial charge >= 0.3 is 0 Å². The lowest BCUT2D eigenvalue weighted by molar-refractivity contribution is 0.0997. The van der Waals surface area contributed by atoms with E-state index in [1.54, 1.807) is 11.7 Å². The zero-order valence-electron chi connectivity index (χ0n) is 18.5. The van der Waals surface area contributed by atoms with E-state index in [4.69, 9.17) is 11.2 Å². The Balaban J connectivity index is 1.66. The van der Waals surface area contributed by atoms with Crippen LogP contribution in [0, 0.1) is 18.3 Å². The standard InChI is InChI=1S/C24H25N3O4S2/c1-4-14-27-22-20(31-3)8-5-9-21(22)32-24(27)25-23(28)18-10-12-19(13-11-18)33(29,30)26-15-6-7-17(2)16-26/h1,5,8-13,17H,6-7,14-16H2,2-3H3. The summed E-state index contributed by atoms with van der Waals surface area (Å²) in [7, 11) is -2.00. The Bertz CT molecular complexity index is 1400. The Kier molecular flexibility index (Phi) is 6.70. The number of piperidine rings is 1. The summed E-state index contributed by atoms with van der Waals surface area (Å²) in [6.45, 7) is 3.33. The van der Waals surface area contributed by atoms with Crippen molar-refractivity contribution in [2.75, 3.05) is 20.2 Å². The number of terminal acetylenes is 1. The molecule has 2 heterocycles. The molecule has 7 nitrogen and oxygen atoms in total. The van der Waals surface area contributed by atoms with Gasteiger partial charge in [-0.3, -0.25) is 4.79 Å². The fourth-order valence-electron chi connectivity index (χ4n) is 4.02. The molecule has 1 aromatic heterocycles. The van der Waals surface area contributed by atoms with E-state index in [-0.39, 0.29) is 11.4 Å². The zero-order valence-corrected chi connectivity index (χ0v) is 20.2. The molecule has 0 N–H and O–H groups in total. The van der Waals surface area contributed by atoms with Crippen LogP contribution in [0.3, 0.4) is 0 Å². The molecular weight excluding hydrogens is 458 g/mol. The number of aromatic nitrogens is 1. The first-order valence-corrected chi connectivity index (χ1v) is 12.9. The first-order valence-electron chi connectivity index (χ1n) is 10.6. The van der Waals surface area contributed by atoms with Gasteiger partial charge in [0.1, 0.15) is 11.3 Å². The van der Waals surface area contributed by atoms with Crippen molar-refractivity contribution in [3.05, 3.63) is 52.8 Å². The van der Waals surface area contributed by atoms with Gasteiger partial charge in [-0.1, -0.05) is 30.2 Å². The number of para-hydroxylation sites is 1. The fraction of sp³-hybridized carbons (Fsp3) is 0.333. The maximum atomic E-state index is 13.0. The van der Waals surface area contributed by atoms with Crippen molar-refractivity contribution in [3.63, 3.8) is 0 Å². The Labute approximate surface area is 197 Å². The summed E-state index contributed by atoms with van der Waals surface area (Å²) >= 11 is 1.34. The normalized spacial score (nSPS) is 17.7. The Morgan fingerprint density at radius 3 is 2.70 bits per heavy atom. The predicted molar refractivity (Wildman–Crippen MR) is 129 cm³/mol. The molecule has 1 aliphatic rings. The molecule has 172 valence electrons. The van der Waals surface area contributed by atoms with Gasteiger partial charge in [0.15, 0.2) is 4.80 Å². The summed E-state index contributed by atoms with van der Waals surface area (Å²) in [6, 6.07) is 11.6. The molecule has 1 saturated heterocycles. The summed E-state index contributed by atoms with van der Waals surface area (Å²) in [4.78, 5) is 17.8. The van der Waals surface area contributed by atoms with E-state index in [0.717, 1.165) is 23.1 Å². The summed E-state index contributed by atoms with van der Waals surface area (Å²) in [6.07, 6.45) is 7.43. The van der Waals surface area contributed by atoms with Crippen LogP contribution in [0.2, 0.25) is 0 Å². The van der Waals surface area contributed by atoms with Gasteiger partial charge in [0.25, 0.3) is 5.91 Å². The smallest absolute Gasteiger partial charge is 0.279 e. The van der Waals surface area contributed by atoms with Gasteiger partial charge in [0.05, 0.1) is 23.2 Å². The van der Waals surface area contributed by atoms with E-state index in [2.05, 4.69) is 17.8 Å². The number of methoxy groups -OCH3 is 1. The molecule has 1 atom stereocenters. The minimum atomic E-state index is -3.58. The number of sulfonamides is 1. The van der Waals surface area contributed by atoms with Crippen LogP contribution in [0.15, 0.2) is 52.4 Å². The quantitative estimate of drug-likeness (QED) is 0.520. The van der Waals surface area contributed by atoms with Crippen molar-refractivity contribution in [1.82, 2.24) is 8.87 Å². The number of amides is 1. The minimum Gasteiger partial charge on any atom is -0.495 e. The highest BCUT2D eigenvalue weighted by Crippen LogP contribution is 2.27. The highest BCUT2D eigenvalue weighted by molar-refractivity contribution is 7.89. The van der Waals surface area contributed by atoms with Crippen LogP contribution in [-0.4, -0.2) is 43.4 Å². The second-order valence-corrected chi connectivity index (χ2v) is 11.0. The second-order valence-electron chi connectivity index (χ2n) is 8.03. The molecule has 1 aliphatic heterocycles. The molecule has 0 spiro atoms. The average molecular weight is 484 g/mol. The minimum absolute atomic E-state index is 0.183. The van der Waals surface area contributed by atoms with Crippen molar-refractivity contribution in [3.8, 4) is 18.1 Å². The van der Waals surface area contributed by atoms with Crippen molar-refractivity contribution in [1.29, 1.82) is 0 Å². The SMILES string of the molecule is C#CCn1c(=NC(=O)c2ccc(S(=O)(=O)N3CCCC(C)C3)cc2)sc2cccc(OC)c21. The molecule has 1 amide bonds. The lowest BCUT2D eigenvalue weighted by atomic mass is 10.0. The average Bonchev–Trinajstić information content (AvgIpc) is 3.16. The van der Waals surface area contributed by atoms with Crippen LogP contribution in [0.25, 0.3) is 10.2 Å². The molecule has 1 unspecified atom stereocenters. The third kappa shape index (κ3) is 4.60. The number of thiazole rings is 1. The number of hydrogen-bond donors (Lipinski definition) is 0. The van der Waals surface area contributed by atoms with E-state index >= 15 is 0 Å². The maximum Gasteiger partial charge on any atom is 0.279 e. The number of rotatable bonds is 5. The largest absolute Gasteiger partial charge is 0.495 e. The molecule has 33 heavy (non-hydrogen) atoms. The Morgan fingerprint density at radius 2 is 2.03 bits per heavy atom. The first kappa shape index (κ1) is 23.2. The second kappa shape index (κ2) is 9.51. The zero-order chi connectivity index (χ0) is 23.6. The Morgan fingerprint density at radius 1 is 1.27 bits per heavy atom. The number of benzene rings is 2. The maximum absolute atomic E-state index is 13.0. The molecule has 9 heteroatoms. The molecule has 3 aromatic rings. The van der Waals surface area contributed by atoms with Crippen LogP contribution >= 0.6 is 11.3 Å². The molecule has 0 saturated carbocycles. The number of carbonyl (C=O) groups is 1. The highest BCUT2D eigenvalue weighted by Gasteiger charge is 2.28. The van der Waals surface area contributed by atoms with E-state index < -0.39 is 15.9 Å². The van der Waals surface area contributed by atoms with Crippen LogP contribution in [0.1, 0.15) is 30.1 Å². The summed E-state index contributed by atoms with van der Waals surface area (Å²) < 4.78 is 35.6. The van der Waals surface area contributed by atoms with Gasteiger partial charge in [-0.15, -0.1) is 6.42 Å². The van der Waals surface area contributed by atoms with Crippen LogP contribution < -0.4 is 9.54 Å². The van der Waals surface area contributed by atoms with Crippen molar-refractivity contribution in [2.24, 2.45) is 10.9 Å². The number of hydrogen-bond acceptors (Lipinski definition) is 5. The highest BCUT2D eigenvalue weighted by atomic mass is 32.2. The predicted octanol–water partition coefficient (Wildman–Crippen LogP) is 3.51. The van der Waals surface area contributed by atoms with E-state index in [1.165, 1.54) is 39.9 Å². The molecule has 0 bridgehead atoms. The van der Waals surface area contributed by atoms with Crippen molar-refractivity contribution in [2.45, 2.75) is 31.2 Å². The molecular formula is C24H25N3O4S2. The molecule has 1 fully saturated rings. The number of ether oxygens (including phenoxy) is 1. The lowest BCUT2D eigenvalue weighted by Gasteiger charge is -2.30. The van der Waals surface area contributed by atoms with Gasteiger partial charge in [0, 0.05) is 18.7 Å². The molecule has 4 rings (SSSR count). The van der Waals surface area contributed by atoms with Crippen molar-refractivity contribution >= 4 is 37.5 Å². The fourth-order valence-corrected chi connectivity index (χ4v) is 6.66. The monoisotopic (exact) mass is 483 g/mol. The van der Waals surface area contributed by atoms with E-state index in [0.29, 0.717) is 35.1 Å². The van der Waals surface area contributed by atoms with Gasteiger partial charge in [-0.05, 0) is 55.2 Å². The lowest BCUT2D eigenvalue weighted by Crippen LogP contribution is -2.39. The summed E-state index contributed by atoms with van der Waals surface area (Å²) in [5, 5.41) is 0.